The molecule has 0 saturated carbocycles. The summed E-state index contributed by atoms with van der Waals surface area (Å²) in [6.07, 6.45) is 2.20. The van der Waals surface area contributed by atoms with Gasteiger partial charge in [0.2, 0.25) is 5.91 Å². The monoisotopic (exact) mass is 353 g/mol. The molecule has 7 heteroatoms. The van der Waals surface area contributed by atoms with Crippen LogP contribution in [-0.4, -0.2) is 57.1 Å². The largest absolute Gasteiger partial charge is 0.350 e. The molecule has 0 unspecified atom stereocenters. The molecule has 0 radical (unpaired) electrons. The minimum Gasteiger partial charge on any atom is -0.350 e. The molecule has 0 aromatic heterocycles. The number of benzene rings is 1. The normalized spacial score (nSPS) is 20.9. The van der Waals surface area contributed by atoms with Crippen LogP contribution in [-0.2, 0) is 24.1 Å². The van der Waals surface area contributed by atoms with Crippen LogP contribution in [0.1, 0.15) is 25.7 Å². The predicted octanol–water partition coefficient (Wildman–Crippen LogP) is 1.61. The summed E-state index contributed by atoms with van der Waals surface area (Å²) in [6.45, 7) is 2.49. The molecule has 1 aromatic carbocycles. The van der Waals surface area contributed by atoms with Crippen LogP contribution in [0.25, 0.3) is 0 Å². The smallest absolute Gasteiger partial charge is 0.223 e. The Morgan fingerprint density at radius 3 is 2.33 bits per heavy atom. The van der Waals surface area contributed by atoms with Gasteiger partial charge >= 0.3 is 0 Å². The molecule has 3 rings (SSSR count). The van der Waals surface area contributed by atoms with Crippen molar-refractivity contribution < 1.29 is 22.7 Å². The number of nitrogens with zero attached hydrogens (tertiary/aromatic N) is 1. The average Bonchev–Trinajstić information content (AvgIpc) is 2.62. The summed E-state index contributed by atoms with van der Waals surface area (Å²) in [7, 11) is -3.42. The molecule has 2 heterocycles. The molecule has 1 spiro atoms. The summed E-state index contributed by atoms with van der Waals surface area (Å²) >= 11 is 0. The Morgan fingerprint density at radius 1 is 1.08 bits per heavy atom. The Balaban J connectivity index is 1.51. The van der Waals surface area contributed by atoms with Crippen molar-refractivity contribution in [1.82, 2.24) is 4.90 Å². The summed E-state index contributed by atoms with van der Waals surface area (Å²) in [5.41, 5.74) is 0. The lowest BCUT2D eigenvalue weighted by atomic mass is 10.0. The van der Waals surface area contributed by atoms with Crippen molar-refractivity contribution in [2.24, 2.45) is 0 Å². The zero-order chi connectivity index (χ0) is 17.0. The highest BCUT2D eigenvalue weighted by Gasteiger charge is 2.39. The van der Waals surface area contributed by atoms with Crippen molar-refractivity contribution in [3.05, 3.63) is 30.3 Å². The number of hydrogen-bond acceptors (Lipinski definition) is 5. The van der Waals surface area contributed by atoms with E-state index in [1.54, 1.807) is 35.2 Å². The Hall–Kier alpha value is -1.44. The fourth-order valence-corrected chi connectivity index (χ4v) is 4.38. The third-order valence-electron chi connectivity index (χ3n) is 4.58. The van der Waals surface area contributed by atoms with E-state index in [-0.39, 0.29) is 23.0 Å². The maximum atomic E-state index is 12.3. The molecular formula is C17H23NO5S. The number of piperidine rings is 1. The van der Waals surface area contributed by atoms with E-state index in [9.17, 15) is 13.2 Å². The predicted molar refractivity (Wildman–Crippen MR) is 88.2 cm³/mol. The van der Waals surface area contributed by atoms with E-state index in [1.807, 2.05) is 0 Å². The minimum atomic E-state index is -3.42. The number of rotatable bonds is 4. The second kappa shape index (κ2) is 7.21. The van der Waals surface area contributed by atoms with Crippen LogP contribution < -0.4 is 0 Å². The van der Waals surface area contributed by atoms with Crippen molar-refractivity contribution >= 4 is 15.7 Å². The molecule has 2 aliphatic heterocycles. The molecule has 132 valence electrons. The third-order valence-corrected chi connectivity index (χ3v) is 6.32. The number of sulfone groups is 1. The first-order valence-corrected chi connectivity index (χ1v) is 10.00. The summed E-state index contributed by atoms with van der Waals surface area (Å²) in [5, 5.41) is 0. The number of carbonyl (C=O) groups excluding carboxylic acids is 1. The van der Waals surface area contributed by atoms with Crippen molar-refractivity contribution in [2.45, 2.75) is 36.4 Å². The zero-order valence-corrected chi connectivity index (χ0v) is 14.5. The summed E-state index contributed by atoms with van der Waals surface area (Å²) in [6, 6.07) is 8.25. The summed E-state index contributed by atoms with van der Waals surface area (Å²) < 4.78 is 36.0. The Labute approximate surface area is 142 Å². The minimum absolute atomic E-state index is 0.00589. The Kier molecular flexibility index (Phi) is 5.22. The average molecular weight is 353 g/mol. The fourth-order valence-electron chi connectivity index (χ4n) is 3.13. The molecule has 0 N–H and O–H groups in total. The number of hydrogen-bond donors (Lipinski definition) is 0. The van der Waals surface area contributed by atoms with Crippen LogP contribution in [0, 0.1) is 0 Å². The molecular weight excluding hydrogens is 330 g/mol. The van der Waals surface area contributed by atoms with Crippen LogP contribution in [0.2, 0.25) is 0 Å². The first-order chi connectivity index (χ1) is 11.5. The highest BCUT2D eigenvalue weighted by atomic mass is 32.2. The molecule has 24 heavy (non-hydrogen) atoms. The molecule has 2 aliphatic rings. The van der Waals surface area contributed by atoms with Crippen molar-refractivity contribution in [3.8, 4) is 0 Å². The van der Waals surface area contributed by atoms with Crippen LogP contribution >= 0.6 is 0 Å². The standard InChI is InChI=1S/C17H23NO5S/c19-16(7-14-24(20,21)15-5-2-1-3-6-15)18-10-8-17(9-11-18)22-12-4-13-23-17/h1-3,5-6H,4,7-14H2. The zero-order valence-electron chi connectivity index (χ0n) is 13.6. The van der Waals surface area contributed by atoms with Gasteiger partial charge in [-0.15, -0.1) is 0 Å². The number of carbonyl (C=O) groups is 1. The first-order valence-electron chi connectivity index (χ1n) is 8.34. The van der Waals surface area contributed by atoms with E-state index in [0.717, 1.165) is 6.42 Å². The van der Waals surface area contributed by atoms with Crippen molar-refractivity contribution in [3.63, 3.8) is 0 Å². The highest BCUT2D eigenvalue weighted by Crippen LogP contribution is 2.30. The van der Waals surface area contributed by atoms with Gasteiger partial charge in [-0.3, -0.25) is 4.79 Å². The van der Waals surface area contributed by atoms with Crippen molar-refractivity contribution in [1.29, 1.82) is 0 Å². The fraction of sp³-hybridized carbons (Fsp3) is 0.588. The molecule has 0 bridgehead atoms. The molecule has 1 aromatic rings. The quantitative estimate of drug-likeness (QED) is 0.822. The number of likely N-dealkylation sites (tertiary alicyclic amines) is 1. The first kappa shape index (κ1) is 17.4. The van der Waals surface area contributed by atoms with Gasteiger partial charge in [0.25, 0.3) is 0 Å². The van der Waals surface area contributed by atoms with Gasteiger partial charge in [0, 0.05) is 32.4 Å². The molecule has 2 fully saturated rings. The maximum Gasteiger partial charge on any atom is 0.223 e. The van der Waals surface area contributed by atoms with Gasteiger partial charge in [0.05, 0.1) is 23.9 Å². The molecule has 0 aliphatic carbocycles. The van der Waals surface area contributed by atoms with E-state index >= 15 is 0 Å². The SMILES string of the molecule is O=C(CCS(=O)(=O)c1ccccc1)N1CCC2(CC1)OCCCO2. The van der Waals surface area contributed by atoms with Gasteiger partial charge in [-0.25, -0.2) is 8.42 Å². The van der Waals surface area contributed by atoms with Crippen molar-refractivity contribution in [2.75, 3.05) is 32.1 Å². The van der Waals surface area contributed by atoms with Crippen LogP contribution in [0.5, 0.6) is 0 Å². The van der Waals surface area contributed by atoms with Crippen LogP contribution in [0.15, 0.2) is 35.2 Å². The molecule has 6 nitrogen and oxygen atoms in total. The van der Waals surface area contributed by atoms with E-state index < -0.39 is 15.6 Å². The lowest BCUT2D eigenvalue weighted by molar-refractivity contribution is -0.282. The molecule has 2 saturated heterocycles. The highest BCUT2D eigenvalue weighted by molar-refractivity contribution is 7.91. The van der Waals surface area contributed by atoms with Gasteiger partial charge in [-0.05, 0) is 18.6 Å². The number of amides is 1. The number of ether oxygens (including phenoxy) is 2. The second-order valence-electron chi connectivity index (χ2n) is 6.22. The summed E-state index contributed by atoms with van der Waals surface area (Å²) in [5.74, 6) is -0.824. The topological polar surface area (TPSA) is 72.9 Å². The Morgan fingerprint density at radius 2 is 1.71 bits per heavy atom. The maximum absolute atomic E-state index is 12.3. The lowest BCUT2D eigenvalue weighted by Crippen LogP contribution is -2.51. The molecule has 0 atom stereocenters. The van der Waals surface area contributed by atoms with E-state index in [0.29, 0.717) is 39.1 Å². The summed E-state index contributed by atoms with van der Waals surface area (Å²) in [4.78, 5) is 14.3. The van der Waals surface area contributed by atoms with E-state index in [4.69, 9.17) is 9.47 Å². The van der Waals surface area contributed by atoms with Gasteiger partial charge < -0.3 is 14.4 Å². The van der Waals surface area contributed by atoms with Crippen LogP contribution in [0.4, 0.5) is 0 Å². The third kappa shape index (κ3) is 3.96. The van der Waals surface area contributed by atoms with E-state index in [1.165, 1.54) is 0 Å². The van der Waals surface area contributed by atoms with Crippen LogP contribution in [0.3, 0.4) is 0 Å². The van der Waals surface area contributed by atoms with Gasteiger partial charge in [0.15, 0.2) is 15.6 Å². The second-order valence-corrected chi connectivity index (χ2v) is 8.33. The lowest BCUT2D eigenvalue weighted by Gasteiger charge is -2.43. The van der Waals surface area contributed by atoms with Gasteiger partial charge in [-0.1, -0.05) is 18.2 Å². The van der Waals surface area contributed by atoms with Gasteiger partial charge in [-0.2, -0.15) is 0 Å². The Bertz CT molecular complexity index is 657. The van der Waals surface area contributed by atoms with E-state index in [2.05, 4.69) is 0 Å². The molecule has 1 amide bonds. The van der Waals surface area contributed by atoms with Gasteiger partial charge in [0.1, 0.15) is 0 Å².